The lowest BCUT2D eigenvalue weighted by molar-refractivity contribution is 0.0184. The van der Waals surface area contributed by atoms with Gasteiger partial charge in [-0.3, -0.25) is 4.21 Å². The molecule has 0 bridgehead atoms. The molecule has 0 aromatic carbocycles. The molecule has 0 aromatic rings. The van der Waals surface area contributed by atoms with Crippen LogP contribution in [0.2, 0.25) is 0 Å². The van der Waals surface area contributed by atoms with E-state index in [-0.39, 0.29) is 6.09 Å². The van der Waals surface area contributed by atoms with Crippen LogP contribution in [-0.2, 0) is 15.5 Å². The lowest BCUT2D eigenvalue weighted by Crippen LogP contribution is -2.43. The third-order valence-corrected chi connectivity index (χ3v) is 4.04. The molecule has 1 N–H and O–H groups in total. The van der Waals surface area contributed by atoms with Crippen LogP contribution in [0.5, 0.6) is 0 Å². The van der Waals surface area contributed by atoms with Gasteiger partial charge in [0.1, 0.15) is 5.60 Å². The Balaban J connectivity index is 2.19. The van der Waals surface area contributed by atoms with E-state index in [2.05, 4.69) is 5.32 Å². The number of nitrogens with zero attached hydrogens (tertiary/aromatic N) is 1. The van der Waals surface area contributed by atoms with Gasteiger partial charge in [-0.25, -0.2) is 4.79 Å². The molecule has 1 saturated heterocycles. The van der Waals surface area contributed by atoms with E-state index >= 15 is 0 Å². The van der Waals surface area contributed by atoms with Crippen molar-refractivity contribution in [3.8, 4) is 0 Å². The van der Waals surface area contributed by atoms with Crippen LogP contribution in [0, 0.1) is 5.92 Å². The second-order valence-corrected chi connectivity index (χ2v) is 7.95. The van der Waals surface area contributed by atoms with Crippen LogP contribution >= 0.6 is 0 Å². The molecule has 1 atom stereocenters. The summed E-state index contributed by atoms with van der Waals surface area (Å²) in [5, 5.41) is 3.34. The summed E-state index contributed by atoms with van der Waals surface area (Å²) in [7, 11) is -0.726. The first-order valence-electron chi connectivity index (χ1n) is 7.26. The van der Waals surface area contributed by atoms with E-state index in [1.165, 1.54) is 0 Å². The van der Waals surface area contributed by atoms with Gasteiger partial charge in [0.15, 0.2) is 0 Å². The van der Waals surface area contributed by atoms with Crippen LogP contribution in [-0.4, -0.2) is 59.0 Å². The smallest absolute Gasteiger partial charge is 0.410 e. The van der Waals surface area contributed by atoms with Crippen molar-refractivity contribution in [2.45, 2.75) is 39.2 Å². The van der Waals surface area contributed by atoms with Gasteiger partial charge in [-0.05, 0) is 46.1 Å². The van der Waals surface area contributed by atoms with Crippen molar-refractivity contribution in [3.05, 3.63) is 0 Å². The molecule has 20 heavy (non-hydrogen) atoms. The molecule has 0 spiro atoms. The molecule has 0 radical (unpaired) electrons. The molecule has 1 unspecified atom stereocenters. The van der Waals surface area contributed by atoms with E-state index in [0.29, 0.717) is 11.7 Å². The predicted molar refractivity (Wildman–Crippen MR) is 82.3 cm³/mol. The molecule has 1 rings (SSSR count). The van der Waals surface area contributed by atoms with Crippen molar-refractivity contribution >= 4 is 16.9 Å². The molecule has 1 amide bonds. The fourth-order valence-corrected chi connectivity index (χ4v) is 2.60. The second-order valence-electron chi connectivity index (χ2n) is 6.39. The summed E-state index contributed by atoms with van der Waals surface area (Å²) in [4.78, 5) is 13.7. The Labute approximate surface area is 124 Å². The van der Waals surface area contributed by atoms with E-state index in [0.717, 1.165) is 39.0 Å². The van der Waals surface area contributed by atoms with E-state index in [1.807, 2.05) is 20.8 Å². The maximum Gasteiger partial charge on any atom is 0.410 e. The summed E-state index contributed by atoms with van der Waals surface area (Å²) in [6.45, 7) is 8.94. The molecule has 1 heterocycles. The second kappa shape index (κ2) is 7.98. The van der Waals surface area contributed by atoms with Gasteiger partial charge in [0.2, 0.25) is 0 Å². The SMILES string of the molecule is CS(=O)CCNCC1CCN(C(=O)OC(C)(C)C)CC1. The summed E-state index contributed by atoms with van der Waals surface area (Å²) in [5.41, 5.74) is -0.425. The highest BCUT2D eigenvalue weighted by atomic mass is 32.2. The Morgan fingerprint density at radius 1 is 1.35 bits per heavy atom. The molecule has 0 saturated carbocycles. The lowest BCUT2D eigenvalue weighted by Gasteiger charge is -2.33. The van der Waals surface area contributed by atoms with Gasteiger partial charge < -0.3 is 15.0 Å². The van der Waals surface area contributed by atoms with Crippen LogP contribution in [0.4, 0.5) is 4.79 Å². The highest BCUT2D eigenvalue weighted by molar-refractivity contribution is 7.84. The summed E-state index contributed by atoms with van der Waals surface area (Å²) < 4.78 is 16.3. The first-order chi connectivity index (χ1) is 9.28. The predicted octanol–water partition coefficient (Wildman–Crippen LogP) is 1.60. The number of rotatable bonds is 5. The molecule has 1 aliphatic heterocycles. The van der Waals surface area contributed by atoms with Crippen LogP contribution in [0.15, 0.2) is 0 Å². The molecule has 6 heteroatoms. The van der Waals surface area contributed by atoms with Crippen LogP contribution < -0.4 is 5.32 Å². The van der Waals surface area contributed by atoms with Crippen molar-refractivity contribution in [3.63, 3.8) is 0 Å². The van der Waals surface area contributed by atoms with Gasteiger partial charge in [-0.1, -0.05) is 0 Å². The third kappa shape index (κ3) is 7.24. The van der Waals surface area contributed by atoms with Gasteiger partial charge in [-0.15, -0.1) is 0 Å². The highest BCUT2D eigenvalue weighted by Gasteiger charge is 2.26. The fraction of sp³-hybridized carbons (Fsp3) is 0.929. The third-order valence-electron chi connectivity index (χ3n) is 3.27. The number of nitrogens with one attached hydrogen (secondary N) is 1. The van der Waals surface area contributed by atoms with Gasteiger partial charge in [0.25, 0.3) is 0 Å². The number of hydrogen-bond donors (Lipinski definition) is 1. The Morgan fingerprint density at radius 3 is 2.45 bits per heavy atom. The number of amides is 1. The van der Waals surface area contributed by atoms with Crippen molar-refractivity contribution in [1.29, 1.82) is 0 Å². The van der Waals surface area contributed by atoms with Crippen molar-refractivity contribution in [2.75, 3.05) is 38.2 Å². The van der Waals surface area contributed by atoms with Crippen molar-refractivity contribution < 1.29 is 13.7 Å². The van der Waals surface area contributed by atoms with Gasteiger partial charge in [0, 0.05) is 42.4 Å². The van der Waals surface area contributed by atoms with E-state index in [9.17, 15) is 9.00 Å². The molecular formula is C14H28N2O3S. The van der Waals surface area contributed by atoms with Crippen molar-refractivity contribution in [2.24, 2.45) is 5.92 Å². The standard InChI is InChI=1S/C14H28N2O3S/c1-14(2,3)19-13(17)16-8-5-12(6-9-16)11-15-7-10-20(4)18/h12,15H,5-11H2,1-4H3. The summed E-state index contributed by atoms with van der Waals surface area (Å²) >= 11 is 0. The quantitative estimate of drug-likeness (QED) is 0.784. The first-order valence-corrected chi connectivity index (χ1v) is 8.99. The number of carbonyl (C=O) groups excluding carboxylic acids is 1. The monoisotopic (exact) mass is 304 g/mol. The Kier molecular flexibility index (Phi) is 6.95. The normalized spacial score (nSPS) is 18.9. The Hall–Kier alpha value is -0.620. The summed E-state index contributed by atoms with van der Waals surface area (Å²) in [5.74, 6) is 1.30. The van der Waals surface area contributed by atoms with E-state index in [1.54, 1.807) is 11.2 Å². The summed E-state index contributed by atoms with van der Waals surface area (Å²) in [6, 6.07) is 0. The minimum atomic E-state index is -0.726. The molecule has 118 valence electrons. The topological polar surface area (TPSA) is 58.6 Å². The zero-order valence-corrected chi connectivity index (χ0v) is 13.9. The minimum Gasteiger partial charge on any atom is -0.444 e. The number of piperidine rings is 1. The zero-order chi connectivity index (χ0) is 15.2. The number of hydrogen-bond acceptors (Lipinski definition) is 4. The van der Waals surface area contributed by atoms with E-state index < -0.39 is 16.4 Å². The number of carbonyl (C=O) groups is 1. The maximum absolute atomic E-state index is 11.9. The average Bonchev–Trinajstić information content (AvgIpc) is 2.33. The zero-order valence-electron chi connectivity index (χ0n) is 13.1. The number of ether oxygens (including phenoxy) is 1. The van der Waals surface area contributed by atoms with E-state index in [4.69, 9.17) is 4.74 Å². The molecule has 0 aromatic heterocycles. The van der Waals surface area contributed by atoms with Crippen molar-refractivity contribution in [1.82, 2.24) is 10.2 Å². The number of likely N-dealkylation sites (tertiary alicyclic amines) is 1. The fourth-order valence-electron chi connectivity index (χ4n) is 2.17. The largest absolute Gasteiger partial charge is 0.444 e. The maximum atomic E-state index is 11.9. The summed E-state index contributed by atoms with van der Waals surface area (Å²) in [6.07, 6.45) is 3.52. The average molecular weight is 304 g/mol. The molecule has 5 nitrogen and oxygen atoms in total. The Morgan fingerprint density at radius 2 is 1.95 bits per heavy atom. The van der Waals surface area contributed by atoms with Crippen LogP contribution in [0.3, 0.4) is 0 Å². The Bertz CT molecular complexity index is 334. The molecular weight excluding hydrogens is 276 g/mol. The van der Waals surface area contributed by atoms with Gasteiger partial charge in [-0.2, -0.15) is 0 Å². The molecule has 1 aliphatic rings. The molecule has 1 fully saturated rings. The molecule has 0 aliphatic carbocycles. The highest BCUT2D eigenvalue weighted by Crippen LogP contribution is 2.19. The first kappa shape index (κ1) is 17.4. The van der Waals surface area contributed by atoms with Crippen LogP contribution in [0.25, 0.3) is 0 Å². The lowest BCUT2D eigenvalue weighted by atomic mass is 9.97. The van der Waals surface area contributed by atoms with Gasteiger partial charge >= 0.3 is 6.09 Å². The minimum absolute atomic E-state index is 0.203. The van der Waals surface area contributed by atoms with Gasteiger partial charge in [0.05, 0.1) is 0 Å². The van der Waals surface area contributed by atoms with Crippen LogP contribution in [0.1, 0.15) is 33.6 Å².